The molecule has 0 atom stereocenters. The van der Waals surface area contributed by atoms with E-state index in [1.54, 1.807) is 4.90 Å². The van der Waals surface area contributed by atoms with Crippen molar-refractivity contribution in [1.82, 2.24) is 4.90 Å². The van der Waals surface area contributed by atoms with Gasteiger partial charge in [0.15, 0.2) is 0 Å². The quantitative estimate of drug-likeness (QED) is 0.632. The first-order valence-electron chi connectivity index (χ1n) is 4.20. The van der Waals surface area contributed by atoms with Crippen LogP contribution in [0.15, 0.2) is 0 Å². The minimum absolute atomic E-state index is 0.233. The summed E-state index contributed by atoms with van der Waals surface area (Å²) in [6.45, 7) is 1.26. The van der Waals surface area contributed by atoms with Gasteiger partial charge in [0, 0.05) is 30.8 Å². The molecule has 2 nitrogen and oxygen atoms in total. The molecule has 70 valence electrons. The highest BCUT2D eigenvalue weighted by Gasteiger charge is 2.32. The van der Waals surface area contributed by atoms with Crippen LogP contribution in [-0.2, 0) is 4.79 Å². The van der Waals surface area contributed by atoms with Crippen LogP contribution in [0.4, 0.5) is 0 Å². The molecular formula is C8H13Cl2NO. The van der Waals surface area contributed by atoms with Crippen molar-refractivity contribution in [3.05, 3.63) is 0 Å². The van der Waals surface area contributed by atoms with E-state index in [-0.39, 0.29) is 11.8 Å². The maximum atomic E-state index is 11.5. The Kier molecular flexibility index (Phi) is 4.16. The molecule has 0 aromatic heterocycles. The summed E-state index contributed by atoms with van der Waals surface area (Å²) in [4.78, 5) is 13.3. The molecule has 0 saturated heterocycles. The maximum absolute atomic E-state index is 11.5. The van der Waals surface area contributed by atoms with Crippen LogP contribution in [0.5, 0.6) is 0 Å². The summed E-state index contributed by atoms with van der Waals surface area (Å²) in [5.74, 6) is 1.50. The monoisotopic (exact) mass is 209 g/mol. The molecule has 1 fully saturated rings. The van der Waals surface area contributed by atoms with Crippen molar-refractivity contribution in [2.24, 2.45) is 5.92 Å². The molecule has 0 N–H and O–H groups in total. The highest BCUT2D eigenvalue weighted by molar-refractivity contribution is 6.18. The SMILES string of the molecule is O=C(C1CC1)N(CCCl)CCCl. The molecule has 1 saturated carbocycles. The van der Waals surface area contributed by atoms with Crippen LogP contribution >= 0.6 is 23.2 Å². The zero-order valence-corrected chi connectivity index (χ0v) is 8.44. The molecule has 0 aliphatic heterocycles. The second-order valence-electron chi connectivity index (χ2n) is 2.98. The number of amides is 1. The average Bonchev–Trinajstić information content (AvgIpc) is 2.85. The van der Waals surface area contributed by atoms with Crippen LogP contribution in [0.2, 0.25) is 0 Å². The minimum atomic E-state index is 0.233. The standard InChI is InChI=1S/C8H13Cl2NO/c9-3-5-11(6-4-10)8(12)7-1-2-7/h7H,1-6H2. The first kappa shape index (κ1) is 10.1. The van der Waals surface area contributed by atoms with Gasteiger partial charge in [-0.15, -0.1) is 23.2 Å². The Labute approximate surface area is 82.8 Å². The summed E-state index contributed by atoms with van der Waals surface area (Å²) in [6.07, 6.45) is 2.08. The van der Waals surface area contributed by atoms with Gasteiger partial charge < -0.3 is 4.90 Å². The Morgan fingerprint density at radius 1 is 1.25 bits per heavy atom. The van der Waals surface area contributed by atoms with Crippen LogP contribution in [0, 0.1) is 5.92 Å². The van der Waals surface area contributed by atoms with E-state index < -0.39 is 0 Å². The van der Waals surface area contributed by atoms with Gasteiger partial charge in [-0.2, -0.15) is 0 Å². The summed E-state index contributed by atoms with van der Waals surface area (Å²) in [5.41, 5.74) is 0. The molecule has 0 spiro atoms. The third kappa shape index (κ3) is 2.83. The Morgan fingerprint density at radius 2 is 1.75 bits per heavy atom. The number of rotatable bonds is 5. The van der Waals surface area contributed by atoms with E-state index in [9.17, 15) is 4.79 Å². The largest absolute Gasteiger partial charge is 0.340 e. The van der Waals surface area contributed by atoms with Gasteiger partial charge in [-0.3, -0.25) is 4.79 Å². The molecular weight excluding hydrogens is 197 g/mol. The van der Waals surface area contributed by atoms with E-state index in [4.69, 9.17) is 23.2 Å². The van der Waals surface area contributed by atoms with Crippen LogP contribution in [0.1, 0.15) is 12.8 Å². The number of carbonyl (C=O) groups excluding carboxylic acids is 1. The van der Waals surface area contributed by atoms with Crippen molar-refractivity contribution >= 4 is 29.1 Å². The highest BCUT2D eigenvalue weighted by atomic mass is 35.5. The van der Waals surface area contributed by atoms with E-state index in [1.807, 2.05) is 0 Å². The molecule has 0 heterocycles. The second-order valence-corrected chi connectivity index (χ2v) is 3.73. The van der Waals surface area contributed by atoms with Gasteiger partial charge in [0.2, 0.25) is 5.91 Å². The number of carbonyl (C=O) groups is 1. The van der Waals surface area contributed by atoms with Crippen molar-refractivity contribution in [2.45, 2.75) is 12.8 Å². The van der Waals surface area contributed by atoms with Crippen molar-refractivity contribution in [3.63, 3.8) is 0 Å². The van der Waals surface area contributed by atoms with E-state index in [0.717, 1.165) is 12.8 Å². The molecule has 1 amide bonds. The maximum Gasteiger partial charge on any atom is 0.225 e. The average molecular weight is 210 g/mol. The third-order valence-electron chi connectivity index (χ3n) is 1.95. The summed E-state index contributed by atoms with van der Waals surface area (Å²) in [5, 5.41) is 0. The first-order valence-corrected chi connectivity index (χ1v) is 5.27. The number of nitrogens with zero attached hydrogens (tertiary/aromatic N) is 1. The van der Waals surface area contributed by atoms with Gasteiger partial charge in [0.05, 0.1) is 0 Å². The van der Waals surface area contributed by atoms with Crippen molar-refractivity contribution < 1.29 is 4.79 Å². The molecule has 1 rings (SSSR count). The van der Waals surface area contributed by atoms with Crippen molar-refractivity contribution in [1.29, 1.82) is 0 Å². The number of alkyl halides is 2. The lowest BCUT2D eigenvalue weighted by Gasteiger charge is -2.19. The molecule has 0 radical (unpaired) electrons. The minimum Gasteiger partial charge on any atom is -0.340 e. The summed E-state index contributed by atoms with van der Waals surface area (Å²) in [6, 6.07) is 0. The molecule has 0 aromatic rings. The molecule has 12 heavy (non-hydrogen) atoms. The third-order valence-corrected chi connectivity index (χ3v) is 2.29. The lowest BCUT2D eigenvalue weighted by Crippen LogP contribution is -2.35. The molecule has 1 aliphatic rings. The van der Waals surface area contributed by atoms with E-state index in [0.29, 0.717) is 24.8 Å². The van der Waals surface area contributed by atoms with Crippen LogP contribution < -0.4 is 0 Å². The Morgan fingerprint density at radius 3 is 2.08 bits per heavy atom. The Hall–Kier alpha value is 0.0500. The zero-order valence-electron chi connectivity index (χ0n) is 6.93. The summed E-state index contributed by atoms with van der Waals surface area (Å²) < 4.78 is 0. The number of halogens is 2. The Balaban J connectivity index is 2.33. The van der Waals surface area contributed by atoms with E-state index >= 15 is 0 Å². The van der Waals surface area contributed by atoms with Crippen LogP contribution in [0.25, 0.3) is 0 Å². The molecule has 1 aliphatic carbocycles. The molecule has 4 heteroatoms. The van der Waals surface area contributed by atoms with Crippen LogP contribution in [-0.4, -0.2) is 35.7 Å². The Bertz CT molecular complexity index is 153. The summed E-state index contributed by atoms with van der Waals surface area (Å²) >= 11 is 11.1. The van der Waals surface area contributed by atoms with Gasteiger partial charge in [-0.25, -0.2) is 0 Å². The van der Waals surface area contributed by atoms with E-state index in [1.165, 1.54) is 0 Å². The number of hydrogen-bond acceptors (Lipinski definition) is 1. The predicted molar refractivity (Wildman–Crippen MR) is 50.7 cm³/mol. The van der Waals surface area contributed by atoms with Crippen molar-refractivity contribution in [2.75, 3.05) is 24.8 Å². The first-order chi connectivity index (χ1) is 5.79. The lowest BCUT2D eigenvalue weighted by molar-refractivity contribution is -0.132. The van der Waals surface area contributed by atoms with Gasteiger partial charge >= 0.3 is 0 Å². The molecule has 0 bridgehead atoms. The van der Waals surface area contributed by atoms with Crippen molar-refractivity contribution in [3.8, 4) is 0 Å². The second kappa shape index (κ2) is 4.93. The smallest absolute Gasteiger partial charge is 0.225 e. The zero-order chi connectivity index (χ0) is 8.97. The molecule has 0 unspecified atom stereocenters. The number of hydrogen-bond donors (Lipinski definition) is 0. The summed E-state index contributed by atoms with van der Waals surface area (Å²) in [7, 11) is 0. The predicted octanol–water partition coefficient (Wildman–Crippen LogP) is 1.70. The topological polar surface area (TPSA) is 20.3 Å². The normalized spacial score (nSPS) is 16.2. The fourth-order valence-electron chi connectivity index (χ4n) is 1.12. The fraction of sp³-hybridized carbons (Fsp3) is 0.875. The van der Waals surface area contributed by atoms with E-state index in [2.05, 4.69) is 0 Å². The van der Waals surface area contributed by atoms with Gasteiger partial charge in [0.1, 0.15) is 0 Å². The van der Waals surface area contributed by atoms with Gasteiger partial charge in [-0.1, -0.05) is 0 Å². The van der Waals surface area contributed by atoms with Gasteiger partial charge in [0.25, 0.3) is 0 Å². The lowest BCUT2D eigenvalue weighted by atomic mass is 10.3. The van der Waals surface area contributed by atoms with Crippen LogP contribution in [0.3, 0.4) is 0 Å². The highest BCUT2D eigenvalue weighted by Crippen LogP contribution is 2.30. The van der Waals surface area contributed by atoms with Gasteiger partial charge in [-0.05, 0) is 12.8 Å². The molecule has 0 aromatic carbocycles. The fourth-order valence-corrected chi connectivity index (χ4v) is 1.53.